The Balaban J connectivity index is 2.95. The van der Waals surface area contributed by atoms with Gasteiger partial charge in [0.15, 0.2) is 0 Å². The van der Waals surface area contributed by atoms with Crippen molar-refractivity contribution in [1.82, 2.24) is 0 Å². The highest BCUT2D eigenvalue weighted by atomic mass is 32.1. The van der Waals surface area contributed by atoms with Gasteiger partial charge in [0.1, 0.15) is 0 Å². The average molecular weight is 147 g/mol. The van der Waals surface area contributed by atoms with Crippen molar-refractivity contribution in [2.45, 2.75) is 6.92 Å². The third-order valence-corrected chi connectivity index (χ3v) is 2.62. The topological polar surface area (TPSA) is 0 Å². The van der Waals surface area contributed by atoms with Gasteiger partial charge in [-0.25, -0.2) is 0 Å². The van der Waals surface area contributed by atoms with E-state index in [1.807, 2.05) is 6.07 Å². The van der Waals surface area contributed by atoms with Crippen LogP contribution in [-0.4, -0.2) is 0 Å². The maximum Gasteiger partial charge on any atom is 0.0455 e. The minimum atomic E-state index is 1.31. The molecule has 1 aromatic heterocycles. The lowest BCUT2D eigenvalue weighted by Gasteiger charge is -1.91. The van der Waals surface area contributed by atoms with E-state index in [-0.39, 0.29) is 0 Å². The minimum Gasteiger partial charge on any atom is -0.134 e. The second-order valence-electron chi connectivity index (χ2n) is 2.36. The maximum absolute atomic E-state index is 3.12. The molecule has 0 aliphatic heterocycles. The Labute approximate surface area is 64.1 Å². The van der Waals surface area contributed by atoms with Gasteiger partial charge in [-0.3, -0.25) is 0 Å². The largest absolute Gasteiger partial charge is 0.134 e. The quantitative estimate of drug-likeness (QED) is 0.537. The number of rotatable bonds is 0. The Bertz CT molecular complexity index is 346. The summed E-state index contributed by atoms with van der Waals surface area (Å²) in [7, 11) is 0. The summed E-state index contributed by atoms with van der Waals surface area (Å²) >= 11 is 1.69. The van der Waals surface area contributed by atoms with Crippen LogP contribution in [0, 0.1) is 12.3 Å². The number of benzene rings is 1. The van der Waals surface area contributed by atoms with Crippen molar-refractivity contribution in [2.75, 3.05) is 0 Å². The molecule has 0 nitrogen and oxygen atoms in total. The second kappa shape index (κ2) is 2.10. The van der Waals surface area contributed by atoms with E-state index in [9.17, 15) is 0 Å². The molecular weight excluding hydrogens is 140 g/mol. The standard InChI is InChI=1S/C9H7S/c1-7-3-2-4-8-5-6-10-9(7)8/h2-5H,1H3. The van der Waals surface area contributed by atoms with Crippen LogP contribution in [0.5, 0.6) is 0 Å². The lowest BCUT2D eigenvalue weighted by molar-refractivity contribution is 1.56. The first kappa shape index (κ1) is 5.93. The van der Waals surface area contributed by atoms with Crippen LogP contribution in [0.3, 0.4) is 0 Å². The molecule has 1 radical (unpaired) electrons. The molecule has 0 aliphatic carbocycles. The summed E-state index contributed by atoms with van der Waals surface area (Å²) in [5, 5.41) is 4.43. The highest BCUT2D eigenvalue weighted by Gasteiger charge is 1.95. The summed E-state index contributed by atoms with van der Waals surface area (Å²) < 4.78 is 1.36. The van der Waals surface area contributed by atoms with E-state index in [0.29, 0.717) is 0 Å². The van der Waals surface area contributed by atoms with Gasteiger partial charge in [0.25, 0.3) is 0 Å². The molecule has 0 aliphatic rings. The molecule has 49 valence electrons. The van der Waals surface area contributed by atoms with Crippen LogP contribution in [0.25, 0.3) is 10.1 Å². The molecule has 2 aromatic rings. The highest BCUT2D eigenvalue weighted by Crippen LogP contribution is 2.22. The summed E-state index contributed by atoms with van der Waals surface area (Å²) in [6.07, 6.45) is 0. The van der Waals surface area contributed by atoms with E-state index in [4.69, 9.17) is 0 Å². The Kier molecular flexibility index (Phi) is 1.24. The number of hydrogen-bond donors (Lipinski definition) is 0. The Morgan fingerprint density at radius 3 is 3.10 bits per heavy atom. The first-order valence-corrected chi connectivity index (χ1v) is 4.05. The van der Waals surface area contributed by atoms with E-state index in [0.717, 1.165) is 0 Å². The molecule has 0 atom stereocenters. The molecule has 0 amide bonds. The molecule has 2 rings (SSSR count). The van der Waals surface area contributed by atoms with Crippen molar-refractivity contribution < 1.29 is 0 Å². The summed E-state index contributed by atoms with van der Waals surface area (Å²) in [4.78, 5) is 0. The second-order valence-corrected chi connectivity index (χ2v) is 3.21. The van der Waals surface area contributed by atoms with Crippen molar-refractivity contribution in [3.63, 3.8) is 0 Å². The van der Waals surface area contributed by atoms with Crippen LogP contribution in [0.4, 0.5) is 0 Å². The van der Waals surface area contributed by atoms with Gasteiger partial charge in [-0.1, -0.05) is 18.2 Å². The van der Waals surface area contributed by atoms with Crippen LogP contribution in [0.15, 0.2) is 24.3 Å². The highest BCUT2D eigenvalue weighted by molar-refractivity contribution is 7.16. The van der Waals surface area contributed by atoms with Gasteiger partial charge >= 0.3 is 0 Å². The summed E-state index contributed by atoms with van der Waals surface area (Å²) in [5.74, 6) is 0. The third-order valence-electron chi connectivity index (χ3n) is 1.62. The van der Waals surface area contributed by atoms with Gasteiger partial charge in [-0.15, -0.1) is 11.3 Å². The van der Waals surface area contributed by atoms with E-state index >= 15 is 0 Å². The van der Waals surface area contributed by atoms with Crippen molar-refractivity contribution >= 4 is 21.4 Å². The molecule has 0 N–H and O–H groups in total. The Hall–Kier alpha value is -0.820. The van der Waals surface area contributed by atoms with E-state index in [1.54, 1.807) is 11.3 Å². The summed E-state index contributed by atoms with van der Waals surface area (Å²) in [6, 6.07) is 8.37. The van der Waals surface area contributed by atoms with Gasteiger partial charge in [-0.05, 0) is 23.9 Å². The predicted octanol–water partition coefficient (Wildman–Crippen LogP) is 3.01. The van der Waals surface area contributed by atoms with Gasteiger partial charge in [0.05, 0.1) is 0 Å². The third kappa shape index (κ3) is 0.745. The first-order chi connectivity index (χ1) is 4.88. The van der Waals surface area contributed by atoms with Crippen LogP contribution in [-0.2, 0) is 0 Å². The van der Waals surface area contributed by atoms with Crippen LogP contribution in [0.2, 0.25) is 0 Å². The number of aryl methyl sites for hydroxylation is 1. The maximum atomic E-state index is 3.12. The molecule has 1 heteroatoms. The molecule has 0 bridgehead atoms. The zero-order valence-electron chi connectivity index (χ0n) is 5.72. The fourth-order valence-electron chi connectivity index (χ4n) is 1.08. The van der Waals surface area contributed by atoms with Crippen molar-refractivity contribution in [1.29, 1.82) is 0 Å². The van der Waals surface area contributed by atoms with Gasteiger partial charge in [0.2, 0.25) is 0 Å². The Morgan fingerprint density at radius 2 is 2.30 bits per heavy atom. The lowest BCUT2D eigenvalue weighted by Crippen LogP contribution is -1.67. The number of hydrogen-bond acceptors (Lipinski definition) is 1. The predicted molar refractivity (Wildman–Crippen MR) is 45.4 cm³/mol. The molecule has 0 saturated heterocycles. The van der Waals surface area contributed by atoms with E-state index in [1.165, 1.54) is 15.6 Å². The zero-order chi connectivity index (χ0) is 6.97. The van der Waals surface area contributed by atoms with Crippen molar-refractivity contribution in [3.8, 4) is 0 Å². The van der Waals surface area contributed by atoms with Crippen LogP contribution >= 0.6 is 11.3 Å². The zero-order valence-corrected chi connectivity index (χ0v) is 6.53. The molecule has 0 fully saturated rings. The van der Waals surface area contributed by atoms with Gasteiger partial charge in [0, 0.05) is 10.1 Å². The van der Waals surface area contributed by atoms with E-state index < -0.39 is 0 Å². The normalized spacial score (nSPS) is 10.5. The van der Waals surface area contributed by atoms with Crippen LogP contribution in [0.1, 0.15) is 5.56 Å². The average Bonchev–Trinajstić information content (AvgIpc) is 2.36. The summed E-state index contributed by atoms with van der Waals surface area (Å²) in [5.41, 5.74) is 1.35. The molecule has 0 saturated carbocycles. The van der Waals surface area contributed by atoms with E-state index in [2.05, 4.69) is 30.5 Å². The number of fused-ring (bicyclic) bond motifs is 1. The molecule has 0 unspecified atom stereocenters. The summed E-state index contributed by atoms with van der Waals surface area (Å²) in [6.45, 7) is 2.13. The minimum absolute atomic E-state index is 1.31. The number of thiophene rings is 1. The fraction of sp³-hybridized carbons (Fsp3) is 0.111. The SMILES string of the molecule is Cc1cccc2c[c]sc12. The Morgan fingerprint density at radius 1 is 1.40 bits per heavy atom. The fourth-order valence-corrected chi connectivity index (χ4v) is 1.86. The monoisotopic (exact) mass is 147 g/mol. The smallest absolute Gasteiger partial charge is 0.0455 e. The van der Waals surface area contributed by atoms with Crippen molar-refractivity contribution in [2.24, 2.45) is 0 Å². The molecule has 1 heterocycles. The molecule has 10 heavy (non-hydrogen) atoms. The lowest BCUT2D eigenvalue weighted by atomic mass is 10.2. The van der Waals surface area contributed by atoms with Gasteiger partial charge < -0.3 is 0 Å². The van der Waals surface area contributed by atoms with Crippen molar-refractivity contribution in [3.05, 3.63) is 35.2 Å². The molecule has 0 spiro atoms. The first-order valence-electron chi connectivity index (χ1n) is 3.23. The molecule has 1 aromatic carbocycles. The molecular formula is C9H7S. The van der Waals surface area contributed by atoms with Crippen LogP contribution < -0.4 is 0 Å². The van der Waals surface area contributed by atoms with Gasteiger partial charge in [-0.2, -0.15) is 0 Å².